The van der Waals surface area contributed by atoms with Crippen LogP contribution in [0.4, 0.5) is 5.69 Å². The van der Waals surface area contributed by atoms with Gasteiger partial charge in [0.1, 0.15) is 12.7 Å². The Bertz CT molecular complexity index is 798. The van der Waals surface area contributed by atoms with Gasteiger partial charge in [0.15, 0.2) is 0 Å². The highest BCUT2D eigenvalue weighted by atomic mass is 35.5. The minimum Gasteiger partial charge on any atom is -0.322 e. The molecule has 0 unspecified atom stereocenters. The number of aryl methyl sites for hydroxylation is 1. The van der Waals surface area contributed by atoms with Crippen molar-refractivity contribution in [3.8, 4) is 5.69 Å². The van der Waals surface area contributed by atoms with Crippen LogP contribution in [0.2, 0.25) is 5.02 Å². The predicted octanol–water partition coefficient (Wildman–Crippen LogP) is 3.48. The molecule has 2 aromatic carbocycles. The fraction of sp³-hybridized carbons (Fsp3) is 0.0625. The van der Waals surface area contributed by atoms with Gasteiger partial charge in [-0.1, -0.05) is 17.7 Å². The van der Waals surface area contributed by atoms with Gasteiger partial charge in [0.05, 0.1) is 5.69 Å². The highest BCUT2D eigenvalue weighted by molar-refractivity contribution is 6.31. The number of halogens is 1. The number of hydrogen-bond donors (Lipinski definition) is 1. The van der Waals surface area contributed by atoms with E-state index in [9.17, 15) is 4.79 Å². The van der Waals surface area contributed by atoms with Crippen LogP contribution in [0.1, 0.15) is 15.9 Å². The zero-order valence-electron chi connectivity index (χ0n) is 11.8. The predicted molar refractivity (Wildman–Crippen MR) is 85.5 cm³/mol. The maximum absolute atomic E-state index is 12.3. The molecular weight excluding hydrogens is 300 g/mol. The number of amides is 1. The Hall–Kier alpha value is -2.66. The molecule has 0 radical (unpaired) electrons. The molecular formula is C16H13ClN4O. The Morgan fingerprint density at radius 2 is 1.95 bits per heavy atom. The number of aromatic nitrogens is 3. The Kier molecular flexibility index (Phi) is 3.89. The van der Waals surface area contributed by atoms with E-state index in [1.165, 1.54) is 6.33 Å². The van der Waals surface area contributed by atoms with Crippen molar-refractivity contribution >= 4 is 23.2 Å². The third-order valence-electron chi connectivity index (χ3n) is 3.26. The molecule has 1 heterocycles. The van der Waals surface area contributed by atoms with Crippen LogP contribution in [0, 0.1) is 6.92 Å². The SMILES string of the molecule is Cc1ccc(Cl)cc1NC(=O)c1ccc(-n2cncn2)cc1. The lowest BCUT2D eigenvalue weighted by Gasteiger charge is -2.09. The summed E-state index contributed by atoms with van der Waals surface area (Å²) in [6.45, 7) is 1.92. The number of carbonyl (C=O) groups excluding carboxylic acids is 1. The first-order valence-corrected chi connectivity index (χ1v) is 7.04. The Morgan fingerprint density at radius 1 is 1.18 bits per heavy atom. The van der Waals surface area contributed by atoms with Gasteiger partial charge >= 0.3 is 0 Å². The monoisotopic (exact) mass is 312 g/mol. The normalized spacial score (nSPS) is 10.5. The quantitative estimate of drug-likeness (QED) is 0.805. The van der Waals surface area contributed by atoms with Crippen molar-refractivity contribution in [3.63, 3.8) is 0 Å². The van der Waals surface area contributed by atoms with Crippen LogP contribution in [0.15, 0.2) is 55.1 Å². The summed E-state index contributed by atoms with van der Waals surface area (Å²) in [4.78, 5) is 16.2. The second kappa shape index (κ2) is 5.99. The number of benzene rings is 2. The molecule has 22 heavy (non-hydrogen) atoms. The van der Waals surface area contributed by atoms with Crippen molar-refractivity contribution in [3.05, 3.63) is 71.3 Å². The number of rotatable bonds is 3. The molecule has 1 aromatic heterocycles. The molecule has 0 aliphatic rings. The Labute approximate surface area is 132 Å². The third kappa shape index (κ3) is 2.99. The van der Waals surface area contributed by atoms with Gasteiger partial charge in [0.25, 0.3) is 5.91 Å². The van der Waals surface area contributed by atoms with Gasteiger partial charge in [-0.05, 0) is 48.9 Å². The van der Waals surface area contributed by atoms with Crippen LogP contribution in [0.3, 0.4) is 0 Å². The summed E-state index contributed by atoms with van der Waals surface area (Å²) in [5.41, 5.74) is 3.06. The highest BCUT2D eigenvalue weighted by Crippen LogP contribution is 2.21. The van der Waals surface area contributed by atoms with E-state index in [4.69, 9.17) is 11.6 Å². The molecule has 1 amide bonds. The minimum atomic E-state index is -0.185. The van der Waals surface area contributed by atoms with E-state index in [0.29, 0.717) is 16.3 Å². The lowest BCUT2D eigenvalue weighted by Crippen LogP contribution is -2.12. The van der Waals surface area contributed by atoms with Crippen molar-refractivity contribution in [2.45, 2.75) is 6.92 Å². The first-order chi connectivity index (χ1) is 10.6. The maximum atomic E-state index is 12.3. The molecule has 0 spiro atoms. The topological polar surface area (TPSA) is 59.8 Å². The second-order valence-electron chi connectivity index (χ2n) is 4.80. The van der Waals surface area contributed by atoms with Crippen LogP contribution >= 0.6 is 11.6 Å². The van der Waals surface area contributed by atoms with Crippen molar-refractivity contribution < 1.29 is 4.79 Å². The van der Waals surface area contributed by atoms with Gasteiger partial charge in [-0.25, -0.2) is 9.67 Å². The number of hydrogen-bond acceptors (Lipinski definition) is 3. The van der Waals surface area contributed by atoms with E-state index in [-0.39, 0.29) is 5.91 Å². The van der Waals surface area contributed by atoms with E-state index < -0.39 is 0 Å². The van der Waals surface area contributed by atoms with Gasteiger partial charge in [-0.2, -0.15) is 5.10 Å². The average molecular weight is 313 g/mol. The summed E-state index contributed by atoms with van der Waals surface area (Å²) >= 11 is 5.96. The molecule has 0 aliphatic carbocycles. The van der Waals surface area contributed by atoms with Crippen LogP contribution in [0.5, 0.6) is 0 Å². The fourth-order valence-electron chi connectivity index (χ4n) is 2.03. The van der Waals surface area contributed by atoms with Gasteiger partial charge in [0, 0.05) is 16.3 Å². The first kappa shape index (κ1) is 14.3. The lowest BCUT2D eigenvalue weighted by molar-refractivity contribution is 0.102. The smallest absolute Gasteiger partial charge is 0.255 e. The minimum absolute atomic E-state index is 0.185. The largest absolute Gasteiger partial charge is 0.322 e. The Balaban J connectivity index is 1.79. The zero-order valence-corrected chi connectivity index (χ0v) is 12.6. The molecule has 0 fully saturated rings. The molecule has 110 valence electrons. The summed E-state index contributed by atoms with van der Waals surface area (Å²) < 4.78 is 1.63. The number of nitrogens with one attached hydrogen (secondary N) is 1. The molecule has 0 aliphatic heterocycles. The maximum Gasteiger partial charge on any atom is 0.255 e. The average Bonchev–Trinajstić information content (AvgIpc) is 3.05. The standard InChI is InChI=1S/C16H13ClN4O/c1-11-2-5-13(17)8-15(11)20-16(22)12-3-6-14(7-4-12)21-10-18-9-19-21/h2-10H,1H3,(H,20,22). The molecule has 1 N–H and O–H groups in total. The van der Waals surface area contributed by atoms with Crippen LogP contribution < -0.4 is 5.32 Å². The molecule has 5 nitrogen and oxygen atoms in total. The molecule has 0 saturated carbocycles. The Morgan fingerprint density at radius 3 is 2.64 bits per heavy atom. The molecule has 3 aromatic rings. The van der Waals surface area contributed by atoms with E-state index in [1.54, 1.807) is 35.3 Å². The summed E-state index contributed by atoms with van der Waals surface area (Å²) in [6.07, 6.45) is 3.06. The molecule has 0 saturated heterocycles. The van der Waals surface area contributed by atoms with Gasteiger partial charge in [0.2, 0.25) is 0 Å². The molecule has 0 atom stereocenters. The van der Waals surface area contributed by atoms with Crippen molar-refractivity contribution in [1.82, 2.24) is 14.8 Å². The van der Waals surface area contributed by atoms with Gasteiger partial charge in [-0.3, -0.25) is 4.79 Å². The molecule has 0 bridgehead atoms. The first-order valence-electron chi connectivity index (χ1n) is 6.66. The van der Waals surface area contributed by atoms with Crippen LogP contribution in [0.25, 0.3) is 5.69 Å². The van der Waals surface area contributed by atoms with Crippen molar-refractivity contribution in [2.24, 2.45) is 0 Å². The second-order valence-corrected chi connectivity index (χ2v) is 5.24. The summed E-state index contributed by atoms with van der Waals surface area (Å²) in [6, 6.07) is 12.5. The zero-order chi connectivity index (χ0) is 15.5. The van der Waals surface area contributed by atoms with E-state index in [0.717, 1.165) is 11.3 Å². The fourth-order valence-corrected chi connectivity index (χ4v) is 2.20. The van der Waals surface area contributed by atoms with Gasteiger partial charge < -0.3 is 5.32 Å². The van der Waals surface area contributed by atoms with E-state index in [1.807, 2.05) is 25.1 Å². The van der Waals surface area contributed by atoms with Crippen LogP contribution in [-0.2, 0) is 0 Å². The molecule has 3 rings (SSSR count). The number of carbonyl (C=O) groups is 1. The summed E-state index contributed by atoms with van der Waals surface area (Å²) in [5.74, 6) is -0.185. The third-order valence-corrected chi connectivity index (χ3v) is 3.50. The van der Waals surface area contributed by atoms with Gasteiger partial charge in [-0.15, -0.1) is 0 Å². The van der Waals surface area contributed by atoms with Crippen molar-refractivity contribution in [2.75, 3.05) is 5.32 Å². The number of nitrogens with zero attached hydrogens (tertiary/aromatic N) is 3. The summed E-state index contributed by atoms with van der Waals surface area (Å²) in [5, 5.41) is 7.49. The van der Waals surface area contributed by atoms with E-state index in [2.05, 4.69) is 15.4 Å². The van der Waals surface area contributed by atoms with Crippen molar-refractivity contribution in [1.29, 1.82) is 0 Å². The number of anilines is 1. The highest BCUT2D eigenvalue weighted by Gasteiger charge is 2.08. The summed E-state index contributed by atoms with van der Waals surface area (Å²) in [7, 11) is 0. The lowest BCUT2D eigenvalue weighted by atomic mass is 10.1. The van der Waals surface area contributed by atoms with E-state index >= 15 is 0 Å². The van der Waals surface area contributed by atoms with Crippen LogP contribution in [-0.4, -0.2) is 20.7 Å². The molecule has 6 heteroatoms.